The van der Waals surface area contributed by atoms with Gasteiger partial charge in [0.05, 0.1) is 0 Å². The molecule has 3 N–H and O–H groups in total. The van der Waals surface area contributed by atoms with Gasteiger partial charge in [-0.1, -0.05) is 37.3 Å². The Balaban J connectivity index is 1.63. The number of anilines is 1. The highest BCUT2D eigenvalue weighted by molar-refractivity contribution is 5.94. The van der Waals surface area contributed by atoms with E-state index in [0.29, 0.717) is 11.3 Å². The number of carbonyl (C=O) groups is 2. The molecule has 2 aromatic rings. The van der Waals surface area contributed by atoms with Gasteiger partial charge in [0.25, 0.3) is 0 Å². The van der Waals surface area contributed by atoms with Gasteiger partial charge in [0.1, 0.15) is 0 Å². The van der Waals surface area contributed by atoms with Gasteiger partial charge in [0.2, 0.25) is 5.91 Å². The maximum Gasteiger partial charge on any atom is 0.321 e. The van der Waals surface area contributed by atoms with Gasteiger partial charge in [0.15, 0.2) is 0 Å². The fraction of sp³-hybridized carbons (Fsp3) is 0.333. The minimum atomic E-state index is -0.476. The Morgan fingerprint density at radius 2 is 1.69 bits per heavy atom. The molecule has 1 fully saturated rings. The average Bonchev–Trinajstić information content (AvgIpc) is 2.86. The number of nitrogens with zero attached hydrogens (tertiary/aromatic N) is 1. The van der Waals surface area contributed by atoms with E-state index in [9.17, 15) is 9.59 Å². The van der Waals surface area contributed by atoms with Crippen molar-refractivity contribution in [2.24, 2.45) is 5.73 Å². The molecular weight excluding hydrogens is 326 g/mol. The van der Waals surface area contributed by atoms with Gasteiger partial charge in [0, 0.05) is 24.3 Å². The molecule has 2 aromatic carbocycles. The summed E-state index contributed by atoms with van der Waals surface area (Å²) in [5.74, 6) is -0.476. The van der Waals surface area contributed by atoms with Crippen LogP contribution in [0.1, 0.15) is 42.1 Å². The highest BCUT2D eigenvalue weighted by Gasteiger charge is 2.30. The number of hydrogen-bond donors (Lipinski definition) is 2. The van der Waals surface area contributed by atoms with E-state index in [4.69, 9.17) is 5.73 Å². The largest absolute Gasteiger partial charge is 0.366 e. The fourth-order valence-corrected chi connectivity index (χ4v) is 3.53. The molecule has 5 nitrogen and oxygen atoms in total. The molecule has 0 bridgehead atoms. The molecular formula is C21H25N3O2. The molecule has 1 atom stereocenters. The average molecular weight is 351 g/mol. The van der Waals surface area contributed by atoms with Crippen LogP contribution in [0.5, 0.6) is 0 Å². The van der Waals surface area contributed by atoms with E-state index in [2.05, 4.69) is 36.5 Å². The third-order valence-electron chi connectivity index (χ3n) is 5.27. The fourth-order valence-electron chi connectivity index (χ4n) is 3.53. The summed E-state index contributed by atoms with van der Waals surface area (Å²) in [5, 5.41) is 2.91. The van der Waals surface area contributed by atoms with E-state index in [1.165, 1.54) is 5.56 Å². The van der Waals surface area contributed by atoms with Crippen molar-refractivity contribution in [3.8, 4) is 0 Å². The van der Waals surface area contributed by atoms with Gasteiger partial charge in [-0.05, 0) is 54.5 Å². The van der Waals surface area contributed by atoms with E-state index in [0.717, 1.165) is 32.4 Å². The number of amides is 3. The Morgan fingerprint density at radius 1 is 1.00 bits per heavy atom. The van der Waals surface area contributed by atoms with Gasteiger partial charge in [-0.25, -0.2) is 4.79 Å². The predicted molar refractivity (Wildman–Crippen MR) is 103 cm³/mol. The lowest BCUT2D eigenvalue weighted by molar-refractivity contribution is 0.100. The monoisotopic (exact) mass is 351 g/mol. The van der Waals surface area contributed by atoms with Crippen LogP contribution in [0, 0.1) is 0 Å². The number of nitrogens with two attached hydrogens (primary N) is 1. The zero-order valence-corrected chi connectivity index (χ0v) is 15.1. The minimum Gasteiger partial charge on any atom is -0.366 e. The summed E-state index contributed by atoms with van der Waals surface area (Å²) in [7, 11) is 0. The minimum absolute atomic E-state index is 0.0967. The zero-order valence-electron chi connectivity index (χ0n) is 15.1. The maximum atomic E-state index is 12.6. The maximum absolute atomic E-state index is 12.6. The predicted octanol–water partition coefficient (Wildman–Crippen LogP) is 3.76. The van der Waals surface area contributed by atoms with Gasteiger partial charge < -0.3 is 16.0 Å². The number of likely N-dealkylation sites (tertiary alicyclic amines) is 1. The van der Waals surface area contributed by atoms with E-state index >= 15 is 0 Å². The summed E-state index contributed by atoms with van der Waals surface area (Å²) in [5.41, 5.74) is 7.76. The molecule has 1 aliphatic rings. The summed E-state index contributed by atoms with van der Waals surface area (Å²) in [6, 6.07) is 17.1. The second-order valence-electron chi connectivity index (χ2n) is 7.14. The van der Waals surface area contributed by atoms with Crippen molar-refractivity contribution in [2.45, 2.75) is 31.6 Å². The molecule has 136 valence electrons. The van der Waals surface area contributed by atoms with Crippen molar-refractivity contribution < 1.29 is 9.59 Å². The Bertz CT molecular complexity index is 774. The lowest BCUT2D eigenvalue weighted by Gasteiger charge is -2.29. The van der Waals surface area contributed by atoms with Crippen LogP contribution >= 0.6 is 0 Å². The molecule has 0 aromatic heterocycles. The van der Waals surface area contributed by atoms with Crippen molar-refractivity contribution >= 4 is 17.6 Å². The van der Waals surface area contributed by atoms with Crippen molar-refractivity contribution in [1.82, 2.24) is 4.90 Å². The van der Waals surface area contributed by atoms with Crippen LogP contribution in [-0.4, -0.2) is 29.9 Å². The molecule has 0 spiro atoms. The first kappa shape index (κ1) is 18.0. The molecule has 3 rings (SSSR count). The third kappa shape index (κ3) is 4.04. The van der Waals surface area contributed by atoms with E-state index in [-0.39, 0.29) is 11.4 Å². The normalized spacial score (nSPS) is 20.3. The Hall–Kier alpha value is -2.82. The van der Waals surface area contributed by atoms with Gasteiger partial charge >= 0.3 is 6.03 Å². The van der Waals surface area contributed by atoms with Crippen molar-refractivity contribution in [3.05, 3.63) is 65.7 Å². The van der Waals surface area contributed by atoms with Crippen molar-refractivity contribution in [3.63, 3.8) is 0 Å². The first-order valence-electron chi connectivity index (χ1n) is 8.99. The number of carbonyl (C=O) groups excluding carboxylic acids is 2. The molecule has 0 radical (unpaired) electrons. The molecule has 1 saturated heterocycles. The first-order valence-corrected chi connectivity index (χ1v) is 8.99. The molecule has 1 heterocycles. The Morgan fingerprint density at radius 3 is 2.35 bits per heavy atom. The third-order valence-corrected chi connectivity index (χ3v) is 5.27. The smallest absolute Gasteiger partial charge is 0.321 e. The number of urea groups is 1. The van der Waals surface area contributed by atoms with Crippen LogP contribution in [-0.2, 0) is 5.41 Å². The molecule has 26 heavy (non-hydrogen) atoms. The molecule has 1 unspecified atom stereocenters. The van der Waals surface area contributed by atoms with Gasteiger partial charge in [-0.3, -0.25) is 4.79 Å². The zero-order chi connectivity index (χ0) is 18.6. The van der Waals surface area contributed by atoms with Crippen LogP contribution in [0.25, 0.3) is 0 Å². The highest BCUT2D eigenvalue weighted by Crippen LogP contribution is 2.34. The second kappa shape index (κ2) is 7.60. The van der Waals surface area contributed by atoms with Crippen LogP contribution in [0.15, 0.2) is 54.6 Å². The number of benzene rings is 2. The Kier molecular flexibility index (Phi) is 5.26. The first-order chi connectivity index (χ1) is 12.5. The van der Waals surface area contributed by atoms with E-state index < -0.39 is 5.91 Å². The number of hydrogen-bond acceptors (Lipinski definition) is 2. The molecule has 0 saturated carbocycles. The Labute approximate surface area is 154 Å². The summed E-state index contributed by atoms with van der Waals surface area (Å²) in [4.78, 5) is 25.6. The topological polar surface area (TPSA) is 75.4 Å². The molecule has 1 aliphatic heterocycles. The van der Waals surface area contributed by atoms with Gasteiger partial charge in [-0.15, -0.1) is 0 Å². The van der Waals surface area contributed by atoms with Crippen molar-refractivity contribution in [1.29, 1.82) is 0 Å². The number of primary amides is 1. The summed E-state index contributed by atoms with van der Waals surface area (Å²) in [6.45, 7) is 3.75. The van der Waals surface area contributed by atoms with Crippen LogP contribution in [0.4, 0.5) is 10.5 Å². The number of nitrogens with one attached hydrogen (secondary N) is 1. The molecule has 3 amide bonds. The summed E-state index contributed by atoms with van der Waals surface area (Å²) < 4.78 is 0. The lowest BCUT2D eigenvalue weighted by atomic mass is 9.76. The van der Waals surface area contributed by atoms with Crippen molar-refractivity contribution in [2.75, 3.05) is 18.4 Å². The van der Waals surface area contributed by atoms with E-state index in [1.54, 1.807) is 24.3 Å². The molecule has 0 aliphatic carbocycles. The lowest BCUT2D eigenvalue weighted by Crippen LogP contribution is -2.36. The second-order valence-corrected chi connectivity index (χ2v) is 7.14. The quantitative estimate of drug-likeness (QED) is 0.883. The van der Waals surface area contributed by atoms with Gasteiger partial charge in [-0.2, -0.15) is 0 Å². The van der Waals surface area contributed by atoms with Crippen LogP contribution in [0.2, 0.25) is 0 Å². The summed E-state index contributed by atoms with van der Waals surface area (Å²) in [6.07, 6.45) is 2.97. The standard InChI is InChI=1S/C21H25N3O2/c1-21(17-6-3-2-4-7-17)12-5-14-24(15-13-21)20(26)23-18-10-8-16(9-11-18)19(22)25/h2-4,6-11H,5,12-15H2,1H3,(H2,22,25)(H,23,26). The number of rotatable bonds is 3. The van der Waals surface area contributed by atoms with Crippen LogP contribution < -0.4 is 11.1 Å². The van der Waals surface area contributed by atoms with Crippen LogP contribution in [0.3, 0.4) is 0 Å². The SMILES string of the molecule is CC1(c2ccccc2)CCCN(C(=O)Nc2ccc(C(N)=O)cc2)CC1. The van der Waals surface area contributed by atoms with E-state index in [1.807, 2.05) is 11.0 Å². The summed E-state index contributed by atoms with van der Waals surface area (Å²) >= 11 is 0. The molecule has 5 heteroatoms. The highest BCUT2D eigenvalue weighted by atomic mass is 16.2.